The number of aliphatic imine (C=N–C) groups is 1. The Labute approximate surface area is 194 Å². The largest absolute Gasteiger partial charge is 0.361 e. The van der Waals surface area contributed by atoms with Crippen molar-refractivity contribution in [2.75, 3.05) is 31.9 Å². The standard InChI is InChI=1S/C20H30FN5O2S.HI/c1-2-22-20(24-10-11-29(27,28)26-13-15-4-3-5-15)23-9-8-16-14-25-19-7-6-17(21)12-18(16)19;/h6-7,12,14-15,25-26H,2-5,8-11,13H2,1H3,(H2,22,23,24);1H. The lowest BCUT2D eigenvalue weighted by Crippen LogP contribution is -2.39. The van der Waals surface area contributed by atoms with Gasteiger partial charge in [0.25, 0.3) is 0 Å². The molecular weight excluding hydrogens is 520 g/mol. The lowest BCUT2D eigenvalue weighted by atomic mass is 9.86. The van der Waals surface area contributed by atoms with Crippen LogP contribution in [0.4, 0.5) is 4.39 Å². The van der Waals surface area contributed by atoms with E-state index in [-0.39, 0.29) is 42.1 Å². The third-order valence-corrected chi connectivity index (χ3v) is 6.53. The summed E-state index contributed by atoms with van der Waals surface area (Å²) in [6.07, 6.45) is 5.99. The van der Waals surface area contributed by atoms with Crippen molar-refractivity contribution in [2.45, 2.75) is 32.6 Å². The Kier molecular flexibility index (Phi) is 9.82. The molecule has 0 amide bonds. The fourth-order valence-electron chi connectivity index (χ4n) is 3.31. The summed E-state index contributed by atoms with van der Waals surface area (Å²) < 4.78 is 40.3. The normalized spacial score (nSPS) is 14.9. The fraction of sp³-hybridized carbons (Fsp3) is 0.550. The van der Waals surface area contributed by atoms with Crippen molar-refractivity contribution in [1.82, 2.24) is 20.3 Å². The second-order valence-corrected chi connectivity index (χ2v) is 9.33. The molecule has 0 saturated heterocycles. The molecule has 2 aromatic rings. The van der Waals surface area contributed by atoms with Gasteiger partial charge in [-0.05, 0) is 55.9 Å². The zero-order chi connectivity index (χ0) is 20.7. The van der Waals surface area contributed by atoms with Crippen LogP contribution in [0.25, 0.3) is 10.9 Å². The van der Waals surface area contributed by atoms with Crippen LogP contribution in [0.1, 0.15) is 31.7 Å². The van der Waals surface area contributed by atoms with E-state index < -0.39 is 10.0 Å². The maximum atomic E-state index is 13.5. The van der Waals surface area contributed by atoms with Crippen LogP contribution in [0.5, 0.6) is 0 Å². The Hall–Kier alpha value is -1.40. The average molecular weight is 551 g/mol. The van der Waals surface area contributed by atoms with Gasteiger partial charge >= 0.3 is 0 Å². The van der Waals surface area contributed by atoms with Gasteiger partial charge in [0.15, 0.2) is 5.96 Å². The SMILES string of the molecule is CCNC(=NCCS(=O)(=O)NCC1CCC1)NCCc1c[nH]c2ccc(F)cc12.I. The lowest BCUT2D eigenvalue weighted by Gasteiger charge is -2.25. The van der Waals surface area contributed by atoms with E-state index in [0.717, 1.165) is 29.3 Å². The van der Waals surface area contributed by atoms with Gasteiger partial charge in [-0.1, -0.05) is 6.42 Å². The highest BCUT2D eigenvalue weighted by Crippen LogP contribution is 2.25. The van der Waals surface area contributed by atoms with Crippen LogP contribution in [-0.2, 0) is 16.4 Å². The van der Waals surface area contributed by atoms with E-state index in [0.29, 0.717) is 37.9 Å². The second-order valence-electron chi connectivity index (χ2n) is 7.41. The summed E-state index contributed by atoms with van der Waals surface area (Å²) in [5.74, 6) is 0.782. The summed E-state index contributed by atoms with van der Waals surface area (Å²) >= 11 is 0. The van der Waals surface area contributed by atoms with Crippen molar-refractivity contribution in [3.05, 3.63) is 35.8 Å². The lowest BCUT2D eigenvalue weighted by molar-refractivity contribution is 0.316. The zero-order valence-corrected chi connectivity index (χ0v) is 20.4. The molecule has 0 bridgehead atoms. The first kappa shape index (κ1) is 24.9. The highest BCUT2D eigenvalue weighted by atomic mass is 127. The van der Waals surface area contributed by atoms with Crippen LogP contribution in [0.2, 0.25) is 0 Å². The number of nitrogens with one attached hydrogen (secondary N) is 4. The van der Waals surface area contributed by atoms with Gasteiger partial charge in [-0.15, -0.1) is 24.0 Å². The summed E-state index contributed by atoms with van der Waals surface area (Å²) in [5, 5.41) is 7.20. The molecule has 1 aromatic heterocycles. The minimum absolute atomic E-state index is 0. The van der Waals surface area contributed by atoms with Crippen molar-refractivity contribution in [2.24, 2.45) is 10.9 Å². The number of aromatic nitrogens is 1. The number of halogens is 2. The summed E-state index contributed by atoms with van der Waals surface area (Å²) in [6, 6.07) is 4.69. The quantitative estimate of drug-likeness (QED) is 0.208. The molecule has 10 heteroatoms. The van der Waals surface area contributed by atoms with Crippen LogP contribution in [0.3, 0.4) is 0 Å². The predicted octanol–water partition coefficient (Wildman–Crippen LogP) is 2.74. The number of hydrogen-bond donors (Lipinski definition) is 4. The van der Waals surface area contributed by atoms with Crippen molar-refractivity contribution >= 4 is 50.9 Å². The van der Waals surface area contributed by atoms with E-state index in [2.05, 4.69) is 25.3 Å². The van der Waals surface area contributed by atoms with E-state index >= 15 is 0 Å². The second kappa shape index (κ2) is 11.8. The molecule has 1 saturated carbocycles. The monoisotopic (exact) mass is 551 g/mol. The van der Waals surface area contributed by atoms with Gasteiger partial charge in [-0.2, -0.15) is 0 Å². The Balaban J connectivity index is 0.00000320. The van der Waals surface area contributed by atoms with Gasteiger partial charge in [0.1, 0.15) is 5.82 Å². The first-order chi connectivity index (χ1) is 14.0. The number of sulfonamides is 1. The molecule has 1 aliphatic carbocycles. The molecular formula is C20H31FIN5O2S. The van der Waals surface area contributed by atoms with Gasteiger partial charge < -0.3 is 15.6 Å². The molecule has 4 N–H and O–H groups in total. The molecule has 3 rings (SSSR count). The Bertz CT molecular complexity index is 944. The van der Waals surface area contributed by atoms with Crippen LogP contribution >= 0.6 is 24.0 Å². The molecule has 0 atom stereocenters. The molecule has 1 aliphatic rings. The average Bonchev–Trinajstić information content (AvgIpc) is 3.02. The van der Waals surface area contributed by atoms with E-state index in [1.54, 1.807) is 6.07 Å². The number of fused-ring (bicyclic) bond motifs is 1. The molecule has 0 aliphatic heterocycles. The summed E-state index contributed by atoms with van der Waals surface area (Å²) in [4.78, 5) is 7.51. The molecule has 30 heavy (non-hydrogen) atoms. The Morgan fingerprint density at radius 2 is 2.10 bits per heavy atom. The van der Waals surface area contributed by atoms with Crippen LogP contribution in [0, 0.1) is 11.7 Å². The highest BCUT2D eigenvalue weighted by molar-refractivity contribution is 14.0. The molecule has 0 radical (unpaired) electrons. The number of benzene rings is 1. The number of nitrogens with zero attached hydrogens (tertiary/aromatic N) is 1. The smallest absolute Gasteiger partial charge is 0.213 e. The van der Waals surface area contributed by atoms with Crippen LogP contribution in [-0.4, -0.2) is 51.3 Å². The molecule has 0 spiro atoms. The predicted molar refractivity (Wildman–Crippen MR) is 130 cm³/mol. The Morgan fingerprint density at radius 1 is 1.30 bits per heavy atom. The molecule has 7 nitrogen and oxygen atoms in total. The molecule has 168 valence electrons. The maximum Gasteiger partial charge on any atom is 0.213 e. The molecule has 1 fully saturated rings. The number of guanidine groups is 1. The number of H-pyrrole nitrogens is 1. The van der Waals surface area contributed by atoms with Crippen molar-refractivity contribution < 1.29 is 12.8 Å². The van der Waals surface area contributed by atoms with E-state index in [4.69, 9.17) is 0 Å². The minimum Gasteiger partial charge on any atom is -0.361 e. The third kappa shape index (κ3) is 7.38. The topological polar surface area (TPSA) is 98.4 Å². The van der Waals surface area contributed by atoms with Crippen molar-refractivity contribution in [3.8, 4) is 0 Å². The highest BCUT2D eigenvalue weighted by Gasteiger charge is 2.19. The minimum atomic E-state index is -3.30. The summed E-state index contributed by atoms with van der Waals surface area (Å²) in [5.41, 5.74) is 1.92. The zero-order valence-electron chi connectivity index (χ0n) is 17.2. The number of hydrogen-bond acceptors (Lipinski definition) is 3. The van der Waals surface area contributed by atoms with E-state index in [1.165, 1.54) is 18.6 Å². The van der Waals surface area contributed by atoms with Gasteiger partial charge in [0, 0.05) is 36.7 Å². The molecule has 1 heterocycles. The van der Waals surface area contributed by atoms with E-state index in [1.807, 2.05) is 13.1 Å². The van der Waals surface area contributed by atoms with Gasteiger partial charge in [0.2, 0.25) is 10.0 Å². The fourth-order valence-corrected chi connectivity index (χ4v) is 4.27. The number of rotatable bonds is 10. The summed E-state index contributed by atoms with van der Waals surface area (Å²) in [6.45, 7) is 3.96. The molecule has 1 aromatic carbocycles. The van der Waals surface area contributed by atoms with Crippen molar-refractivity contribution in [1.29, 1.82) is 0 Å². The van der Waals surface area contributed by atoms with Crippen LogP contribution in [0.15, 0.2) is 29.4 Å². The maximum absolute atomic E-state index is 13.5. The summed E-state index contributed by atoms with van der Waals surface area (Å²) in [7, 11) is -3.30. The van der Waals surface area contributed by atoms with Gasteiger partial charge in [0.05, 0.1) is 12.3 Å². The first-order valence-electron chi connectivity index (χ1n) is 10.2. The Morgan fingerprint density at radius 3 is 2.80 bits per heavy atom. The van der Waals surface area contributed by atoms with Crippen molar-refractivity contribution in [3.63, 3.8) is 0 Å². The molecule has 0 unspecified atom stereocenters. The van der Waals surface area contributed by atoms with Gasteiger partial charge in [-0.25, -0.2) is 17.5 Å². The van der Waals surface area contributed by atoms with Crippen LogP contribution < -0.4 is 15.4 Å². The number of aromatic amines is 1. The first-order valence-corrected chi connectivity index (χ1v) is 11.9. The third-order valence-electron chi connectivity index (χ3n) is 5.21. The van der Waals surface area contributed by atoms with E-state index in [9.17, 15) is 12.8 Å². The van der Waals surface area contributed by atoms with Gasteiger partial charge in [-0.3, -0.25) is 4.99 Å².